The quantitative estimate of drug-likeness (QED) is 0.590. The topological polar surface area (TPSA) is 66.5 Å². The standard InChI is InChI=1S/C23H31BrN2O3S/c24-23-13-17-10-18(14-23)12-22(11-17,16-23)15-21(27)25-19-4-6-20(7-5-19)30(28,29)26-8-2-1-3-9-26/h4-7,17-18H,1-3,8-16H2,(H,25,27)/t17-,18-,22?,23?/m1/s1. The summed E-state index contributed by atoms with van der Waals surface area (Å²) in [6.07, 6.45) is 10.8. The van der Waals surface area contributed by atoms with Gasteiger partial charge in [0.05, 0.1) is 4.90 Å². The third-order valence-electron chi connectivity index (χ3n) is 7.74. The van der Waals surface area contributed by atoms with E-state index in [4.69, 9.17) is 0 Å². The molecule has 5 aliphatic rings. The van der Waals surface area contributed by atoms with Crippen LogP contribution >= 0.6 is 15.9 Å². The van der Waals surface area contributed by atoms with E-state index in [1.54, 1.807) is 28.6 Å². The van der Waals surface area contributed by atoms with Crippen molar-refractivity contribution in [3.05, 3.63) is 24.3 Å². The lowest BCUT2D eigenvalue weighted by Gasteiger charge is -2.60. The van der Waals surface area contributed by atoms with Crippen LogP contribution in [0.5, 0.6) is 0 Å². The molecular formula is C23H31BrN2O3S. The number of halogens is 1. The summed E-state index contributed by atoms with van der Waals surface area (Å²) in [6.45, 7) is 1.19. The number of sulfonamides is 1. The first-order valence-electron chi connectivity index (χ1n) is 11.3. The molecule has 2 atom stereocenters. The predicted molar refractivity (Wildman–Crippen MR) is 121 cm³/mol. The Hall–Kier alpha value is -0.920. The van der Waals surface area contributed by atoms with Gasteiger partial charge in [-0.3, -0.25) is 4.79 Å². The lowest BCUT2D eigenvalue weighted by atomic mass is 9.48. The molecule has 6 rings (SSSR count). The van der Waals surface area contributed by atoms with Crippen molar-refractivity contribution in [3.63, 3.8) is 0 Å². The minimum absolute atomic E-state index is 0.0553. The van der Waals surface area contributed by atoms with Gasteiger partial charge in [0.15, 0.2) is 0 Å². The van der Waals surface area contributed by atoms with Crippen molar-refractivity contribution in [1.29, 1.82) is 0 Å². The van der Waals surface area contributed by atoms with Crippen molar-refractivity contribution in [2.75, 3.05) is 18.4 Å². The van der Waals surface area contributed by atoms with Crippen molar-refractivity contribution in [2.24, 2.45) is 17.3 Å². The van der Waals surface area contributed by atoms with Crippen LogP contribution in [0.1, 0.15) is 64.2 Å². The Kier molecular flexibility index (Phi) is 5.30. The average Bonchev–Trinajstić information content (AvgIpc) is 2.66. The van der Waals surface area contributed by atoms with E-state index in [1.165, 1.54) is 32.1 Å². The van der Waals surface area contributed by atoms with Crippen LogP contribution in [0.2, 0.25) is 0 Å². The highest BCUT2D eigenvalue weighted by Crippen LogP contribution is 2.65. The molecule has 164 valence electrons. The second-order valence-electron chi connectivity index (χ2n) is 10.3. The summed E-state index contributed by atoms with van der Waals surface area (Å²) in [5.41, 5.74) is 0.811. The van der Waals surface area contributed by atoms with Gasteiger partial charge in [-0.25, -0.2) is 8.42 Å². The number of amides is 1. The number of carbonyl (C=O) groups is 1. The predicted octanol–water partition coefficient (Wildman–Crippen LogP) is 4.92. The number of nitrogens with zero attached hydrogens (tertiary/aromatic N) is 1. The molecule has 5 fully saturated rings. The van der Waals surface area contributed by atoms with Crippen LogP contribution in [0.25, 0.3) is 0 Å². The smallest absolute Gasteiger partial charge is 0.243 e. The number of carbonyl (C=O) groups excluding carboxylic acids is 1. The summed E-state index contributed by atoms with van der Waals surface area (Å²) in [4.78, 5) is 13.2. The van der Waals surface area contributed by atoms with E-state index < -0.39 is 10.0 Å². The van der Waals surface area contributed by atoms with Crippen LogP contribution in [0.15, 0.2) is 29.2 Å². The van der Waals surface area contributed by atoms with Crippen LogP contribution in [-0.4, -0.2) is 36.0 Å². The summed E-state index contributed by atoms with van der Waals surface area (Å²) in [7, 11) is -3.43. The van der Waals surface area contributed by atoms with E-state index in [9.17, 15) is 13.2 Å². The first-order valence-corrected chi connectivity index (χ1v) is 13.6. The molecule has 1 heterocycles. The van der Waals surface area contributed by atoms with Gasteiger partial charge in [-0.05, 0) is 92.9 Å². The van der Waals surface area contributed by atoms with Gasteiger partial charge in [0, 0.05) is 29.5 Å². The summed E-state index contributed by atoms with van der Waals surface area (Å²) in [6, 6.07) is 6.69. The highest BCUT2D eigenvalue weighted by molar-refractivity contribution is 9.10. The van der Waals surface area contributed by atoms with Gasteiger partial charge in [0.1, 0.15) is 0 Å². The monoisotopic (exact) mass is 494 g/mol. The zero-order chi connectivity index (χ0) is 21.0. The molecule has 30 heavy (non-hydrogen) atoms. The largest absolute Gasteiger partial charge is 0.326 e. The van der Waals surface area contributed by atoms with E-state index >= 15 is 0 Å². The maximum Gasteiger partial charge on any atom is 0.243 e. The average molecular weight is 495 g/mol. The van der Waals surface area contributed by atoms with Crippen LogP contribution in [-0.2, 0) is 14.8 Å². The van der Waals surface area contributed by atoms with Gasteiger partial charge in [0.2, 0.25) is 15.9 Å². The number of alkyl halides is 1. The molecule has 0 spiro atoms. The maximum atomic E-state index is 12.9. The number of piperidine rings is 1. The molecule has 7 heteroatoms. The van der Waals surface area contributed by atoms with E-state index in [1.807, 2.05) is 0 Å². The molecule has 1 aromatic carbocycles. The van der Waals surface area contributed by atoms with Crippen molar-refractivity contribution in [2.45, 2.75) is 73.4 Å². The number of hydrogen-bond donors (Lipinski definition) is 1. The second-order valence-corrected chi connectivity index (χ2v) is 13.9. The highest BCUT2D eigenvalue weighted by Gasteiger charge is 2.57. The Morgan fingerprint density at radius 2 is 1.67 bits per heavy atom. The molecule has 0 unspecified atom stereocenters. The fourth-order valence-electron chi connectivity index (χ4n) is 7.05. The first-order chi connectivity index (χ1) is 14.3. The number of hydrogen-bond acceptors (Lipinski definition) is 3. The molecule has 1 saturated heterocycles. The Bertz CT molecular complexity index is 910. The molecule has 0 aromatic heterocycles. The molecular weight excluding hydrogens is 464 g/mol. The van der Waals surface area contributed by atoms with Crippen LogP contribution in [0.4, 0.5) is 5.69 Å². The van der Waals surface area contributed by atoms with E-state index in [-0.39, 0.29) is 15.6 Å². The molecule has 1 N–H and O–H groups in total. The number of rotatable bonds is 5. The first kappa shape index (κ1) is 21.0. The van der Waals surface area contributed by atoms with Gasteiger partial charge < -0.3 is 5.32 Å². The Morgan fingerprint density at radius 1 is 1.03 bits per heavy atom. The molecule has 5 nitrogen and oxygen atoms in total. The lowest BCUT2D eigenvalue weighted by Crippen LogP contribution is -2.53. The number of anilines is 1. The van der Waals surface area contributed by atoms with Crippen LogP contribution < -0.4 is 5.32 Å². The zero-order valence-corrected chi connectivity index (χ0v) is 19.8. The molecule has 0 radical (unpaired) electrons. The Balaban J connectivity index is 1.24. The second kappa shape index (κ2) is 7.59. The van der Waals surface area contributed by atoms with E-state index in [0.717, 1.165) is 37.5 Å². The van der Waals surface area contributed by atoms with Crippen molar-refractivity contribution in [1.82, 2.24) is 4.31 Å². The molecule has 1 aromatic rings. The molecule has 1 amide bonds. The number of benzene rings is 1. The molecule has 4 aliphatic carbocycles. The van der Waals surface area contributed by atoms with Gasteiger partial charge >= 0.3 is 0 Å². The normalized spacial score (nSPS) is 36.0. The summed E-state index contributed by atoms with van der Waals surface area (Å²) >= 11 is 4.02. The Morgan fingerprint density at radius 3 is 2.27 bits per heavy atom. The minimum atomic E-state index is -3.43. The molecule has 4 bridgehead atoms. The number of nitrogens with one attached hydrogen (secondary N) is 1. The maximum absolute atomic E-state index is 12.9. The fourth-order valence-corrected chi connectivity index (χ4v) is 10.1. The van der Waals surface area contributed by atoms with E-state index in [0.29, 0.717) is 30.1 Å². The van der Waals surface area contributed by atoms with E-state index in [2.05, 4.69) is 21.2 Å². The van der Waals surface area contributed by atoms with Gasteiger partial charge in [-0.15, -0.1) is 0 Å². The molecule has 1 aliphatic heterocycles. The molecule has 4 saturated carbocycles. The van der Waals surface area contributed by atoms with Gasteiger partial charge in [-0.1, -0.05) is 22.4 Å². The summed E-state index contributed by atoms with van der Waals surface area (Å²) in [5, 5.41) is 3.02. The van der Waals surface area contributed by atoms with Crippen LogP contribution in [0.3, 0.4) is 0 Å². The zero-order valence-electron chi connectivity index (χ0n) is 17.4. The third-order valence-corrected chi connectivity index (χ3v) is 10.6. The van der Waals surface area contributed by atoms with Gasteiger partial charge in [0.25, 0.3) is 0 Å². The highest BCUT2D eigenvalue weighted by atomic mass is 79.9. The Labute approximate surface area is 188 Å². The van der Waals surface area contributed by atoms with Crippen LogP contribution in [0, 0.1) is 17.3 Å². The minimum Gasteiger partial charge on any atom is -0.326 e. The van der Waals surface area contributed by atoms with Crippen molar-refractivity contribution in [3.8, 4) is 0 Å². The lowest BCUT2D eigenvalue weighted by molar-refractivity contribution is -0.123. The SMILES string of the molecule is O=C(CC12C[C@H]3C[C@@H](CC(Br)(C3)C1)C2)Nc1ccc(S(=O)(=O)N2CCCCC2)cc1. The third kappa shape index (κ3) is 3.97. The van der Waals surface area contributed by atoms with Gasteiger partial charge in [-0.2, -0.15) is 4.31 Å². The fraction of sp³-hybridized carbons (Fsp3) is 0.696. The van der Waals surface area contributed by atoms with Crippen molar-refractivity contribution < 1.29 is 13.2 Å². The summed E-state index contributed by atoms with van der Waals surface area (Å²) in [5.74, 6) is 1.58. The summed E-state index contributed by atoms with van der Waals surface area (Å²) < 4.78 is 27.4. The van der Waals surface area contributed by atoms with Crippen molar-refractivity contribution >= 4 is 37.5 Å².